The normalized spacial score (nSPS) is 10.7. The van der Waals surface area contributed by atoms with E-state index in [0.29, 0.717) is 35.7 Å². The zero-order chi connectivity index (χ0) is 19.4. The van der Waals surface area contributed by atoms with Crippen LogP contribution in [0.25, 0.3) is 22.2 Å². The molecule has 0 aliphatic heterocycles. The Bertz CT molecular complexity index is 951. The third kappa shape index (κ3) is 3.58. The fraction of sp³-hybridized carbons (Fsp3) is 0.273. The quantitative estimate of drug-likeness (QED) is 0.650. The molecule has 0 atom stereocenters. The molecule has 0 radical (unpaired) electrons. The number of aromatic nitrogens is 1. The third-order valence-corrected chi connectivity index (χ3v) is 4.66. The summed E-state index contributed by atoms with van der Waals surface area (Å²) in [5.41, 5.74) is 3.03. The molecule has 0 aliphatic carbocycles. The molecule has 0 spiro atoms. The van der Waals surface area contributed by atoms with Crippen molar-refractivity contribution >= 4 is 16.8 Å². The smallest absolute Gasteiger partial charge is 0.254 e. The van der Waals surface area contributed by atoms with E-state index in [1.165, 1.54) is 0 Å². The molecule has 1 aromatic heterocycles. The number of amides is 1. The lowest BCUT2D eigenvalue weighted by Crippen LogP contribution is -2.30. The molecular weight excluding hydrogens is 340 g/mol. The summed E-state index contributed by atoms with van der Waals surface area (Å²) in [5, 5.41) is 0.754. The monoisotopic (exact) mass is 364 g/mol. The number of benzene rings is 2. The number of ether oxygens (including phenoxy) is 2. The maximum Gasteiger partial charge on any atom is 0.254 e. The number of carbonyl (C=O) groups excluding carboxylic acids is 1. The molecular formula is C22H24N2O3. The van der Waals surface area contributed by atoms with Crippen LogP contribution in [0.5, 0.6) is 11.5 Å². The van der Waals surface area contributed by atoms with Gasteiger partial charge in [-0.1, -0.05) is 30.3 Å². The molecule has 5 nitrogen and oxygen atoms in total. The molecule has 5 heteroatoms. The van der Waals surface area contributed by atoms with Gasteiger partial charge in [0, 0.05) is 30.1 Å². The molecule has 1 heterocycles. The lowest BCUT2D eigenvalue weighted by Gasteiger charge is -2.20. The van der Waals surface area contributed by atoms with E-state index in [1.807, 2.05) is 62.4 Å². The van der Waals surface area contributed by atoms with Gasteiger partial charge < -0.3 is 14.4 Å². The Kier molecular flexibility index (Phi) is 5.60. The highest BCUT2D eigenvalue weighted by Gasteiger charge is 2.20. The van der Waals surface area contributed by atoms with Crippen LogP contribution in [0.2, 0.25) is 0 Å². The van der Waals surface area contributed by atoms with Crippen molar-refractivity contribution in [2.45, 2.75) is 13.8 Å². The molecule has 0 saturated heterocycles. The van der Waals surface area contributed by atoms with Gasteiger partial charge in [0.1, 0.15) is 0 Å². The highest BCUT2D eigenvalue weighted by molar-refractivity contribution is 6.08. The van der Waals surface area contributed by atoms with Crippen molar-refractivity contribution in [3.05, 3.63) is 54.1 Å². The molecule has 0 aliphatic rings. The van der Waals surface area contributed by atoms with E-state index in [0.717, 1.165) is 16.6 Å². The van der Waals surface area contributed by atoms with Gasteiger partial charge in [-0.15, -0.1) is 0 Å². The van der Waals surface area contributed by atoms with Crippen molar-refractivity contribution in [2.24, 2.45) is 0 Å². The van der Waals surface area contributed by atoms with Crippen LogP contribution in [-0.2, 0) is 0 Å². The van der Waals surface area contributed by atoms with E-state index < -0.39 is 0 Å². The number of hydrogen-bond acceptors (Lipinski definition) is 4. The number of nitrogens with zero attached hydrogens (tertiary/aromatic N) is 2. The van der Waals surface area contributed by atoms with Crippen LogP contribution in [0.15, 0.2) is 48.5 Å². The summed E-state index contributed by atoms with van der Waals surface area (Å²) in [6.45, 7) is 5.25. The Morgan fingerprint density at radius 3 is 2.19 bits per heavy atom. The Morgan fingerprint density at radius 2 is 1.59 bits per heavy atom. The van der Waals surface area contributed by atoms with Crippen LogP contribution >= 0.6 is 0 Å². The highest BCUT2D eigenvalue weighted by Crippen LogP contribution is 2.35. The van der Waals surface area contributed by atoms with Crippen molar-refractivity contribution in [3.63, 3.8) is 0 Å². The van der Waals surface area contributed by atoms with Gasteiger partial charge in [-0.25, -0.2) is 4.98 Å². The van der Waals surface area contributed by atoms with Crippen LogP contribution < -0.4 is 9.47 Å². The maximum absolute atomic E-state index is 13.2. The number of rotatable bonds is 6. The Balaban J connectivity index is 2.30. The minimum atomic E-state index is -0.0169. The lowest BCUT2D eigenvalue weighted by molar-refractivity contribution is 0.0775. The van der Waals surface area contributed by atoms with Crippen LogP contribution in [0.1, 0.15) is 24.2 Å². The van der Waals surface area contributed by atoms with Gasteiger partial charge in [-0.2, -0.15) is 0 Å². The number of carbonyl (C=O) groups is 1. The van der Waals surface area contributed by atoms with Crippen molar-refractivity contribution in [3.8, 4) is 22.8 Å². The minimum Gasteiger partial charge on any atom is -0.493 e. The molecule has 0 bridgehead atoms. The SMILES string of the molecule is CCN(CC)C(=O)c1cc(-c2ccccc2)nc2cc(OC)c(OC)cc12. The van der Waals surface area contributed by atoms with Crippen LogP contribution in [0, 0.1) is 0 Å². The second-order valence-electron chi connectivity index (χ2n) is 6.12. The molecule has 140 valence electrons. The highest BCUT2D eigenvalue weighted by atomic mass is 16.5. The van der Waals surface area contributed by atoms with Crippen molar-refractivity contribution in [1.29, 1.82) is 0 Å². The topological polar surface area (TPSA) is 51.7 Å². The number of pyridine rings is 1. The van der Waals surface area contributed by atoms with Crippen LogP contribution in [-0.4, -0.2) is 43.1 Å². The van der Waals surface area contributed by atoms with E-state index in [1.54, 1.807) is 19.1 Å². The first-order valence-electron chi connectivity index (χ1n) is 9.04. The van der Waals surface area contributed by atoms with Gasteiger partial charge in [0.2, 0.25) is 0 Å². The Morgan fingerprint density at radius 1 is 0.963 bits per heavy atom. The van der Waals surface area contributed by atoms with Gasteiger partial charge in [-0.3, -0.25) is 4.79 Å². The average molecular weight is 364 g/mol. The molecule has 27 heavy (non-hydrogen) atoms. The fourth-order valence-electron chi connectivity index (χ4n) is 3.17. The Hall–Kier alpha value is -3.08. The van der Waals surface area contributed by atoms with Crippen LogP contribution in [0.3, 0.4) is 0 Å². The van der Waals surface area contributed by atoms with E-state index in [4.69, 9.17) is 14.5 Å². The van der Waals surface area contributed by atoms with Gasteiger partial charge >= 0.3 is 0 Å². The van der Waals surface area contributed by atoms with Crippen LogP contribution in [0.4, 0.5) is 0 Å². The number of hydrogen-bond donors (Lipinski definition) is 0. The zero-order valence-electron chi connectivity index (χ0n) is 16.2. The fourth-order valence-corrected chi connectivity index (χ4v) is 3.17. The Labute approximate surface area is 159 Å². The largest absolute Gasteiger partial charge is 0.493 e. The molecule has 1 amide bonds. The van der Waals surface area contributed by atoms with Gasteiger partial charge in [0.25, 0.3) is 5.91 Å². The minimum absolute atomic E-state index is 0.0169. The molecule has 0 saturated carbocycles. The summed E-state index contributed by atoms with van der Waals surface area (Å²) < 4.78 is 10.8. The first-order valence-corrected chi connectivity index (χ1v) is 9.04. The lowest BCUT2D eigenvalue weighted by atomic mass is 10.0. The molecule has 0 unspecified atom stereocenters. The van der Waals surface area contributed by atoms with E-state index in [2.05, 4.69) is 0 Å². The second kappa shape index (κ2) is 8.08. The summed E-state index contributed by atoms with van der Waals surface area (Å²) >= 11 is 0. The standard InChI is InChI=1S/C22H24N2O3/c1-5-24(6-2)22(25)17-12-18(15-10-8-7-9-11-15)23-19-14-21(27-4)20(26-3)13-16(17)19/h7-14H,5-6H2,1-4H3. The molecule has 0 N–H and O–H groups in total. The third-order valence-electron chi connectivity index (χ3n) is 4.66. The summed E-state index contributed by atoms with van der Waals surface area (Å²) in [4.78, 5) is 19.8. The maximum atomic E-state index is 13.2. The van der Waals surface area contributed by atoms with Gasteiger partial charge in [0.05, 0.1) is 31.0 Å². The first-order chi connectivity index (χ1) is 13.1. The summed E-state index contributed by atoms with van der Waals surface area (Å²) in [6.07, 6.45) is 0. The van der Waals surface area contributed by atoms with E-state index in [-0.39, 0.29) is 5.91 Å². The summed E-state index contributed by atoms with van der Waals surface area (Å²) in [5.74, 6) is 1.15. The van der Waals surface area contributed by atoms with Gasteiger partial charge in [-0.05, 0) is 26.0 Å². The van der Waals surface area contributed by atoms with Crippen molar-refractivity contribution in [2.75, 3.05) is 27.3 Å². The summed E-state index contributed by atoms with van der Waals surface area (Å²) in [7, 11) is 3.17. The molecule has 0 fully saturated rings. The van der Waals surface area contributed by atoms with Gasteiger partial charge in [0.15, 0.2) is 11.5 Å². The summed E-state index contributed by atoms with van der Waals surface area (Å²) in [6, 6.07) is 15.4. The second-order valence-corrected chi connectivity index (χ2v) is 6.12. The number of fused-ring (bicyclic) bond motifs is 1. The van der Waals surface area contributed by atoms with E-state index in [9.17, 15) is 4.79 Å². The average Bonchev–Trinajstić information content (AvgIpc) is 2.73. The molecule has 3 aromatic rings. The molecule has 3 rings (SSSR count). The predicted molar refractivity (Wildman–Crippen MR) is 108 cm³/mol. The predicted octanol–water partition coefficient (Wildman–Crippen LogP) is 4.40. The van der Waals surface area contributed by atoms with Crippen molar-refractivity contribution < 1.29 is 14.3 Å². The zero-order valence-corrected chi connectivity index (χ0v) is 16.2. The van der Waals surface area contributed by atoms with Crippen molar-refractivity contribution in [1.82, 2.24) is 9.88 Å². The first kappa shape index (κ1) is 18.7. The number of methoxy groups -OCH3 is 2. The molecule has 2 aromatic carbocycles. The van der Waals surface area contributed by atoms with E-state index >= 15 is 0 Å².